The third kappa shape index (κ3) is 5.81. The Balaban J connectivity index is 1.24. The van der Waals surface area contributed by atoms with E-state index < -0.39 is 11.8 Å². The Labute approximate surface area is 209 Å². The summed E-state index contributed by atoms with van der Waals surface area (Å²) >= 11 is 0. The van der Waals surface area contributed by atoms with E-state index in [0.717, 1.165) is 12.8 Å². The van der Waals surface area contributed by atoms with Crippen LogP contribution in [0.25, 0.3) is 0 Å². The van der Waals surface area contributed by atoms with E-state index in [1.807, 2.05) is 6.07 Å². The second kappa shape index (κ2) is 11.2. The predicted octanol–water partition coefficient (Wildman–Crippen LogP) is 1.51. The highest BCUT2D eigenvalue weighted by atomic mass is 16.2. The maximum atomic E-state index is 12.7. The van der Waals surface area contributed by atoms with Crippen LogP contribution < -0.4 is 21.1 Å². The highest BCUT2D eigenvalue weighted by molar-refractivity contribution is 6.39. The van der Waals surface area contributed by atoms with Crippen LogP contribution in [0.1, 0.15) is 42.5 Å². The summed E-state index contributed by atoms with van der Waals surface area (Å²) in [5.74, 6) is -1.61. The molecule has 0 saturated carbocycles. The summed E-state index contributed by atoms with van der Waals surface area (Å²) in [5.41, 5.74) is 0.977. The number of anilines is 2. The van der Waals surface area contributed by atoms with Crippen molar-refractivity contribution >= 4 is 35.0 Å². The van der Waals surface area contributed by atoms with Crippen molar-refractivity contribution in [2.45, 2.75) is 32.1 Å². The minimum Gasteiger partial charge on any atom is -0.348 e. The van der Waals surface area contributed by atoms with Crippen molar-refractivity contribution < 1.29 is 19.2 Å². The molecule has 0 aliphatic carbocycles. The van der Waals surface area contributed by atoms with Gasteiger partial charge in [-0.15, -0.1) is 0 Å². The van der Waals surface area contributed by atoms with Crippen molar-refractivity contribution in [2.75, 3.05) is 36.4 Å². The fourth-order valence-corrected chi connectivity index (χ4v) is 4.61. The molecule has 3 heterocycles. The van der Waals surface area contributed by atoms with E-state index in [-0.39, 0.29) is 28.9 Å². The highest BCUT2D eigenvalue weighted by Crippen LogP contribution is 2.24. The number of carbonyl (C=O) groups is 4. The standard InChI is InChI=1S/C26H31N5O5/c1-29-12-5-8-21(25(29)35)26(36)30-14-10-18(11-15-30)17-27-23(33)24(34)28-19-6-4-7-20(16-19)31-13-3-2-9-22(31)32/h4-8,12,16,18H,2-3,9-11,13-15,17H2,1H3,(H,27,33)(H,28,34). The van der Waals surface area contributed by atoms with Gasteiger partial charge in [0.25, 0.3) is 11.5 Å². The van der Waals surface area contributed by atoms with Crippen LogP contribution in [-0.2, 0) is 21.4 Å². The Morgan fingerprint density at radius 2 is 1.75 bits per heavy atom. The van der Waals surface area contributed by atoms with E-state index in [4.69, 9.17) is 0 Å². The van der Waals surface area contributed by atoms with Crippen molar-refractivity contribution in [3.63, 3.8) is 0 Å². The first-order valence-corrected chi connectivity index (χ1v) is 12.3. The quantitative estimate of drug-likeness (QED) is 0.612. The second-order valence-electron chi connectivity index (χ2n) is 9.29. The minimum absolute atomic E-state index is 0.0569. The molecule has 0 radical (unpaired) electrons. The molecule has 0 spiro atoms. The molecule has 10 nitrogen and oxygen atoms in total. The smallest absolute Gasteiger partial charge is 0.313 e. The molecule has 2 N–H and O–H groups in total. The van der Waals surface area contributed by atoms with Gasteiger partial charge in [0.1, 0.15) is 5.56 Å². The van der Waals surface area contributed by atoms with Gasteiger partial charge < -0.3 is 25.0 Å². The van der Waals surface area contributed by atoms with Crippen LogP contribution in [0.5, 0.6) is 0 Å². The van der Waals surface area contributed by atoms with Gasteiger partial charge >= 0.3 is 11.8 Å². The van der Waals surface area contributed by atoms with Gasteiger partial charge in [0, 0.05) is 57.2 Å². The second-order valence-corrected chi connectivity index (χ2v) is 9.29. The first-order valence-electron chi connectivity index (χ1n) is 12.3. The van der Waals surface area contributed by atoms with Crippen molar-refractivity contribution in [2.24, 2.45) is 13.0 Å². The minimum atomic E-state index is -0.773. The lowest BCUT2D eigenvalue weighted by Crippen LogP contribution is -2.44. The first-order chi connectivity index (χ1) is 17.3. The fraction of sp³-hybridized carbons (Fsp3) is 0.423. The average molecular weight is 494 g/mol. The number of aromatic nitrogens is 1. The van der Waals surface area contributed by atoms with Crippen molar-refractivity contribution in [1.82, 2.24) is 14.8 Å². The molecule has 190 valence electrons. The van der Waals surface area contributed by atoms with E-state index in [0.29, 0.717) is 56.8 Å². The summed E-state index contributed by atoms with van der Waals surface area (Å²) in [6.45, 7) is 1.92. The molecule has 1 aromatic heterocycles. The number of aryl methyl sites for hydroxylation is 1. The number of nitrogens with one attached hydrogen (secondary N) is 2. The lowest BCUT2D eigenvalue weighted by Gasteiger charge is -2.32. The van der Waals surface area contributed by atoms with Gasteiger partial charge in [-0.1, -0.05) is 6.07 Å². The van der Waals surface area contributed by atoms with Gasteiger partial charge in [-0.25, -0.2) is 0 Å². The van der Waals surface area contributed by atoms with E-state index in [2.05, 4.69) is 10.6 Å². The average Bonchev–Trinajstić information content (AvgIpc) is 2.89. The van der Waals surface area contributed by atoms with Crippen molar-refractivity contribution in [3.05, 3.63) is 58.5 Å². The number of rotatable bonds is 5. The van der Waals surface area contributed by atoms with Crippen LogP contribution in [0, 0.1) is 5.92 Å². The molecular formula is C26H31N5O5. The number of nitrogens with zero attached hydrogens (tertiary/aromatic N) is 3. The molecule has 2 saturated heterocycles. The van der Waals surface area contributed by atoms with Gasteiger partial charge in [-0.2, -0.15) is 0 Å². The van der Waals surface area contributed by atoms with Crippen LogP contribution in [0.3, 0.4) is 0 Å². The lowest BCUT2D eigenvalue weighted by molar-refractivity contribution is -0.136. The molecule has 0 bridgehead atoms. The Bertz CT molecular complexity index is 1220. The monoisotopic (exact) mass is 493 g/mol. The zero-order valence-electron chi connectivity index (χ0n) is 20.4. The first kappa shape index (κ1) is 25.2. The highest BCUT2D eigenvalue weighted by Gasteiger charge is 2.26. The van der Waals surface area contributed by atoms with Crippen LogP contribution in [0.15, 0.2) is 47.4 Å². The normalized spacial score (nSPS) is 16.5. The van der Waals surface area contributed by atoms with Crippen LogP contribution in [0.4, 0.5) is 11.4 Å². The summed E-state index contributed by atoms with van der Waals surface area (Å²) in [6.07, 6.45) is 5.25. The summed E-state index contributed by atoms with van der Waals surface area (Å²) < 4.78 is 1.38. The molecule has 10 heteroatoms. The Kier molecular flexibility index (Phi) is 7.82. The molecular weight excluding hydrogens is 462 g/mol. The summed E-state index contributed by atoms with van der Waals surface area (Å²) in [4.78, 5) is 65.2. The summed E-state index contributed by atoms with van der Waals surface area (Å²) in [6, 6.07) is 10.1. The Morgan fingerprint density at radius 3 is 2.50 bits per heavy atom. The van der Waals surface area contributed by atoms with Gasteiger partial charge in [0.2, 0.25) is 5.91 Å². The molecule has 4 amide bonds. The number of benzene rings is 1. The van der Waals surface area contributed by atoms with E-state index in [1.165, 1.54) is 10.6 Å². The number of pyridine rings is 1. The summed E-state index contributed by atoms with van der Waals surface area (Å²) in [5, 5.41) is 5.28. The molecule has 2 aromatic rings. The number of piperidine rings is 2. The molecule has 0 atom stereocenters. The fourth-order valence-electron chi connectivity index (χ4n) is 4.61. The number of hydrogen-bond acceptors (Lipinski definition) is 5. The SMILES string of the molecule is Cn1cccc(C(=O)N2CCC(CNC(=O)C(=O)Nc3cccc(N4CCCCC4=O)c3)CC2)c1=O. The molecule has 1 aromatic carbocycles. The third-order valence-corrected chi connectivity index (χ3v) is 6.75. The Hall–Kier alpha value is -3.95. The van der Waals surface area contributed by atoms with E-state index in [9.17, 15) is 24.0 Å². The van der Waals surface area contributed by atoms with Crippen molar-refractivity contribution in [1.29, 1.82) is 0 Å². The van der Waals surface area contributed by atoms with E-state index >= 15 is 0 Å². The zero-order chi connectivity index (χ0) is 25.7. The number of amides is 4. The number of likely N-dealkylation sites (tertiary alicyclic amines) is 1. The predicted molar refractivity (Wildman–Crippen MR) is 135 cm³/mol. The van der Waals surface area contributed by atoms with E-state index in [1.54, 1.807) is 47.3 Å². The molecule has 0 unspecified atom stereocenters. The lowest BCUT2D eigenvalue weighted by atomic mass is 9.96. The third-order valence-electron chi connectivity index (χ3n) is 6.75. The molecule has 36 heavy (non-hydrogen) atoms. The van der Waals surface area contributed by atoms with Crippen LogP contribution >= 0.6 is 0 Å². The summed E-state index contributed by atoms with van der Waals surface area (Å²) in [7, 11) is 1.61. The largest absolute Gasteiger partial charge is 0.348 e. The maximum Gasteiger partial charge on any atom is 0.313 e. The maximum absolute atomic E-state index is 12.7. The molecule has 2 aliphatic heterocycles. The van der Waals surface area contributed by atoms with Crippen LogP contribution in [0.2, 0.25) is 0 Å². The van der Waals surface area contributed by atoms with Gasteiger partial charge in [-0.05, 0) is 61.9 Å². The Morgan fingerprint density at radius 1 is 0.972 bits per heavy atom. The van der Waals surface area contributed by atoms with Gasteiger partial charge in [0.05, 0.1) is 0 Å². The van der Waals surface area contributed by atoms with Crippen LogP contribution in [-0.4, -0.2) is 59.3 Å². The van der Waals surface area contributed by atoms with Crippen molar-refractivity contribution in [3.8, 4) is 0 Å². The van der Waals surface area contributed by atoms with Gasteiger partial charge in [0.15, 0.2) is 0 Å². The van der Waals surface area contributed by atoms with Gasteiger partial charge in [-0.3, -0.25) is 24.0 Å². The zero-order valence-corrected chi connectivity index (χ0v) is 20.4. The number of carbonyl (C=O) groups excluding carboxylic acids is 4. The topological polar surface area (TPSA) is 121 Å². The number of hydrogen-bond donors (Lipinski definition) is 2. The molecule has 2 fully saturated rings. The molecule has 2 aliphatic rings. The molecule has 4 rings (SSSR count).